The molecule has 3 aromatic carbocycles. The maximum absolute atomic E-state index is 13.7. The van der Waals surface area contributed by atoms with Crippen LogP contribution >= 0.6 is 0 Å². The molecule has 5 aromatic rings. The maximum atomic E-state index is 13.7. The minimum atomic E-state index is -1.52. The topological polar surface area (TPSA) is 166 Å². The fourth-order valence-electron chi connectivity index (χ4n) is 6.48. The molecule has 3 N–H and O–H groups in total. The van der Waals surface area contributed by atoms with Gasteiger partial charge in [0.2, 0.25) is 6.10 Å². The standard InChI is InChI=1S/C40H34N4O8/c1-21(2)33(43-40(50)41-28-9-6-8-25(17-28)24-13-11-23(12-14-24)15-22(3)37(46)47)38(48)52-35-29-18-32-34-27(16-26-7-4-5-10-31(26)42-34)19-44(32)36(45)30(29)20-51-39(35)49/h4-14,16-18,21,33,35H,3,15,19-20H2,1-2H3,(H,46,47)(H2,41,43,50). The lowest BCUT2D eigenvalue weighted by molar-refractivity contribution is -0.173. The zero-order chi connectivity index (χ0) is 36.7. The zero-order valence-corrected chi connectivity index (χ0v) is 28.3. The number of carbonyl (C=O) groups is 4. The predicted octanol–water partition coefficient (Wildman–Crippen LogP) is 5.76. The number of amides is 2. The summed E-state index contributed by atoms with van der Waals surface area (Å²) >= 11 is 0. The Morgan fingerprint density at radius 3 is 2.52 bits per heavy atom. The van der Waals surface area contributed by atoms with Crippen molar-refractivity contribution in [3.63, 3.8) is 0 Å². The smallest absolute Gasteiger partial charge is 0.352 e. The molecule has 4 heterocycles. The molecule has 0 fully saturated rings. The van der Waals surface area contributed by atoms with Crippen molar-refractivity contribution in [2.45, 2.75) is 45.6 Å². The number of nitrogens with one attached hydrogen (secondary N) is 2. The van der Waals surface area contributed by atoms with E-state index in [4.69, 9.17) is 19.6 Å². The number of rotatable bonds is 9. The highest BCUT2D eigenvalue weighted by molar-refractivity contribution is 5.94. The monoisotopic (exact) mass is 698 g/mol. The average Bonchev–Trinajstić information content (AvgIpc) is 3.48. The van der Waals surface area contributed by atoms with E-state index in [1.54, 1.807) is 42.7 Å². The molecule has 7 rings (SSSR count). The van der Waals surface area contributed by atoms with Crippen LogP contribution in [0.4, 0.5) is 10.5 Å². The summed E-state index contributed by atoms with van der Waals surface area (Å²) in [5.41, 5.74) is 5.81. The summed E-state index contributed by atoms with van der Waals surface area (Å²) in [6.45, 7) is 7.07. The number of carboxylic acids is 1. The van der Waals surface area contributed by atoms with Gasteiger partial charge in [-0.15, -0.1) is 0 Å². The van der Waals surface area contributed by atoms with E-state index >= 15 is 0 Å². The van der Waals surface area contributed by atoms with Crippen molar-refractivity contribution in [3.8, 4) is 22.5 Å². The second-order valence-electron chi connectivity index (χ2n) is 13.2. The molecule has 52 heavy (non-hydrogen) atoms. The van der Waals surface area contributed by atoms with Gasteiger partial charge in [0.1, 0.15) is 12.6 Å². The third-order valence-corrected chi connectivity index (χ3v) is 9.23. The summed E-state index contributed by atoms with van der Waals surface area (Å²) in [5.74, 6) is -3.17. The summed E-state index contributed by atoms with van der Waals surface area (Å²) in [6, 6.07) is 23.9. The molecule has 2 unspecified atom stereocenters. The number of carboxylic acid groups (broad SMARTS) is 1. The number of para-hydroxylation sites is 1. The molecule has 2 aromatic heterocycles. The highest BCUT2D eigenvalue weighted by Gasteiger charge is 2.39. The van der Waals surface area contributed by atoms with Gasteiger partial charge in [0.05, 0.1) is 29.0 Å². The molecule has 0 spiro atoms. The van der Waals surface area contributed by atoms with E-state index in [-0.39, 0.29) is 35.3 Å². The van der Waals surface area contributed by atoms with Crippen molar-refractivity contribution >= 4 is 40.5 Å². The number of aromatic nitrogens is 2. The molecule has 0 saturated heterocycles. The van der Waals surface area contributed by atoms with E-state index in [9.17, 15) is 24.0 Å². The van der Waals surface area contributed by atoms with Gasteiger partial charge >= 0.3 is 23.9 Å². The van der Waals surface area contributed by atoms with Crippen molar-refractivity contribution in [2.24, 2.45) is 5.92 Å². The number of ether oxygens (including phenoxy) is 2. The Labute approximate surface area is 297 Å². The zero-order valence-electron chi connectivity index (χ0n) is 28.3. The van der Waals surface area contributed by atoms with Crippen LogP contribution in [0.1, 0.15) is 42.2 Å². The molecule has 12 nitrogen and oxygen atoms in total. The van der Waals surface area contributed by atoms with E-state index in [0.717, 1.165) is 33.2 Å². The number of nitrogens with zero attached hydrogens (tertiary/aromatic N) is 2. The summed E-state index contributed by atoms with van der Waals surface area (Å²) < 4.78 is 12.6. The summed E-state index contributed by atoms with van der Waals surface area (Å²) in [7, 11) is 0. The lowest BCUT2D eigenvalue weighted by atomic mass is 9.99. The Morgan fingerprint density at radius 2 is 1.77 bits per heavy atom. The van der Waals surface area contributed by atoms with Gasteiger partial charge in [0, 0.05) is 34.2 Å². The third-order valence-electron chi connectivity index (χ3n) is 9.23. The van der Waals surface area contributed by atoms with Gasteiger partial charge in [0.25, 0.3) is 5.56 Å². The summed E-state index contributed by atoms with van der Waals surface area (Å²) in [6.07, 6.45) is -1.30. The molecule has 2 atom stereocenters. The van der Waals surface area contributed by atoms with Gasteiger partial charge in [-0.1, -0.05) is 75.0 Å². The second-order valence-corrected chi connectivity index (χ2v) is 13.2. The van der Waals surface area contributed by atoms with E-state index in [1.807, 2.05) is 60.7 Å². The quantitative estimate of drug-likeness (QED) is 0.126. The van der Waals surface area contributed by atoms with Gasteiger partial charge in [-0.2, -0.15) is 0 Å². The first-order valence-electron chi connectivity index (χ1n) is 16.7. The first kappa shape index (κ1) is 33.9. The van der Waals surface area contributed by atoms with Crippen LogP contribution in [-0.2, 0) is 43.4 Å². The van der Waals surface area contributed by atoms with Gasteiger partial charge in [-0.3, -0.25) is 4.79 Å². The molecule has 12 heteroatoms. The first-order valence-corrected chi connectivity index (χ1v) is 16.7. The normalized spacial score (nSPS) is 14.8. The number of aliphatic carboxylic acids is 1. The first-order chi connectivity index (χ1) is 25.0. The molecular weight excluding hydrogens is 664 g/mol. The average molecular weight is 699 g/mol. The van der Waals surface area contributed by atoms with Crippen molar-refractivity contribution in [1.29, 1.82) is 0 Å². The SMILES string of the molecule is C=C(Cc1ccc(-c2cccc(NC(=O)NC(C(=O)OC3C(=O)OCc4c3cc3n(c4=O)Cc4cc5ccccc5nc4-3)C(C)C)c2)cc1)C(=O)O. The number of anilines is 1. The van der Waals surface area contributed by atoms with Crippen LogP contribution in [0.25, 0.3) is 33.4 Å². The number of urea groups is 1. The fraction of sp³-hybridized carbons (Fsp3) is 0.200. The predicted molar refractivity (Wildman–Crippen MR) is 192 cm³/mol. The van der Waals surface area contributed by atoms with E-state index in [1.165, 1.54) is 0 Å². The Bertz CT molecular complexity index is 2360. The second kappa shape index (κ2) is 13.6. The van der Waals surface area contributed by atoms with Crippen LogP contribution < -0.4 is 16.2 Å². The number of pyridine rings is 2. The molecule has 262 valence electrons. The fourth-order valence-corrected chi connectivity index (χ4v) is 6.48. The molecule has 2 aliphatic rings. The Hall–Kier alpha value is -6.56. The molecule has 0 bridgehead atoms. The van der Waals surface area contributed by atoms with Crippen LogP contribution in [0.5, 0.6) is 0 Å². The van der Waals surface area contributed by atoms with Crippen LogP contribution in [0.15, 0.2) is 102 Å². The van der Waals surface area contributed by atoms with Gasteiger partial charge < -0.3 is 29.8 Å². The van der Waals surface area contributed by atoms with Crippen LogP contribution in [-0.4, -0.2) is 44.6 Å². The van der Waals surface area contributed by atoms with Crippen LogP contribution in [0, 0.1) is 5.92 Å². The van der Waals surface area contributed by atoms with Crippen molar-refractivity contribution < 1.29 is 33.8 Å². The van der Waals surface area contributed by atoms with Crippen LogP contribution in [0.2, 0.25) is 0 Å². The number of hydrogen-bond acceptors (Lipinski definition) is 8. The summed E-state index contributed by atoms with van der Waals surface area (Å²) in [4.78, 5) is 69.5. The Morgan fingerprint density at radius 1 is 1.00 bits per heavy atom. The molecule has 2 amide bonds. The Kier molecular flexibility index (Phi) is 8.89. The molecule has 0 saturated carbocycles. The number of esters is 2. The van der Waals surface area contributed by atoms with Gasteiger partial charge in [-0.05, 0) is 52.9 Å². The number of benzene rings is 3. The highest BCUT2D eigenvalue weighted by Crippen LogP contribution is 2.36. The van der Waals surface area contributed by atoms with Crippen molar-refractivity contribution in [2.75, 3.05) is 5.32 Å². The van der Waals surface area contributed by atoms with Crippen LogP contribution in [0.3, 0.4) is 0 Å². The molecule has 0 radical (unpaired) electrons. The molecule has 2 aliphatic heterocycles. The highest BCUT2D eigenvalue weighted by atomic mass is 16.6. The lowest BCUT2D eigenvalue weighted by Gasteiger charge is -2.28. The number of carbonyl (C=O) groups excluding carboxylic acids is 3. The minimum Gasteiger partial charge on any atom is -0.478 e. The minimum absolute atomic E-state index is 0.0912. The lowest BCUT2D eigenvalue weighted by Crippen LogP contribution is -2.48. The number of fused-ring (bicyclic) bond motifs is 5. The van der Waals surface area contributed by atoms with Crippen molar-refractivity contribution in [1.82, 2.24) is 14.9 Å². The van der Waals surface area contributed by atoms with E-state index in [0.29, 0.717) is 23.6 Å². The van der Waals surface area contributed by atoms with E-state index < -0.39 is 42.0 Å². The van der Waals surface area contributed by atoms with Gasteiger partial charge in [-0.25, -0.2) is 24.2 Å². The largest absolute Gasteiger partial charge is 0.478 e. The van der Waals surface area contributed by atoms with Crippen molar-refractivity contribution in [3.05, 3.63) is 130 Å². The Balaban J connectivity index is 1.07. The summed E-state index contributed by atoms with van der Waals surface area (Å²) in [5, 5.41) is 15.5. The number of cyclic esters (lactones) is 1. The molecular formula is C40H34N4O8. The third kappa shape index (κ3) is 6.53. The maximum Gasteiger partial charge on any atom is 0.352 e. The number of hydrogen-bond donors (Lipinski definition) is 3. The van der Waals surface area contributed by atoms with E-state index in [2.05, 4.69) is 17.2 Å². The molecule has 0 aliphatic carbocycles. The van der Waals surface area contributed by atoms with Gasteiger partial charge in [0.15, 0.2) is 0 Å².